The van der Waals surface area contributed by atoms with Gasteiger partial charge in [0, 0.05) is 26.7 Å². The van der Waals surface area contributed by atoms with Crippen molar-refractivity contribution in [1.82, 2.24) is 5.32 Å². The Balaban J connectivity index is 1.45. The summed E-state index contributed by atoms with van der Waals surface area (Å²) >= 11 is 7.52. The molecule has 0 aliphatic carbocycles. The highest BCUT2D eigenvalue weighted by Crippen LogP contribution is 2.22. The fourth-order valence-electron chi connectivity index (χ4n) is 3.39. The van der Waals surface area contributed by atoms with Gasteiger partial charge in [0.15, 0.2) is 5.78 Å². The molecule has 4 rings (SSSR count). The second-order valence-corrected chi connectivity index (χ2v) is 9.47. The number of benzene rings is 4. The molecule has 4 aromatic carbocycles. The molecule has 0 bridgehead atoms. The van der Waals surface area contributed by atoms with Crippen LogP contribution < -0.4 is 10.6 Å². The van der Waals surface area contributed by atoms with E-state index < -0.39 is 11.8 Å². The highest BCUT2D eigenvalue weighted by molar-refractivity contribution is 8.00. The monoisotopic (exact) mass is 526 g/mol. The van der Waals surface area contributed by atoms with Crippen LogP contribution in [0.5, 0.6) is 0 Å². The zero-order chi connectivity index (χ0) is 26.0. The summed E-state index contributed by atoms with van der Waals surface area (Å²) in [6.07, 6.45) is 1.57. The van der Waals surface area contributed by atoms with Crippen molar-refractivity contribution >= 4 is 52.7 Å². The molecule has 2 amide bonds. The lowest BCUT2D eigenvalue weighted by atomic mass is 10.1. The number of nitrogens with one attached hydrogen (secondary N) is 2. The molecule has 7 heteroatoms. The molecular formula is C30H23ClN2O3S. The Morgan fingerprint density at radius 2 is 1.41 bits per heavy atom. The molecule has 0 saturated carbocycles. The average Bonchev–Trinajstić information content (AvgIpc) is 2.93. The van der Waals surface area contributed by atoms with E-state index in [0.717, 1.165) is 4.90 Å². The van der Waals surface area contributed by atoms with Gasteiger partial charge in [0.25, 0.3) is 11.8 Å². The van der Waals surface area contributed by atoms with E-state index >= 15 is 0 Å². The molecule has 0 radical (unpaired) electrons. The zero-order valence-corrected chi connectivity index (χ0v) is 21.3. The van der Waals surface area contributed by atoms with E-state index in [1.54, 1.807) is 78.9 Å². The minimum Gasteiger partial charge on any atom is -0.321 e. The zero-order valence-electron chi connectivity index (χ0n) is 19.7. The van der Waals surface area contributed by atoms with Crippen LogP contribution in [0, 0.1) is 0 Å². The Labute approximate surface area is 224 Å². The normalized spacial score (nSPS) is 11.0. The standard InChI is InChI=1S/C30H23ClN2O3S/c31-24-13-7-8-21(18-24)19-27(33-29(35)23-11-5-2-6-12-23)30(36)32-25-14-16-26(17-15-25)37-20-28(34)22-9-3-1-4-10-22/h1-19H,20H2,(H,32,36)(H,33,35)/b27-19-. The number of carbonyl (C=O) groups is 3. The van der Waals surface area contributed by atoms with Gasteiger partial charge in [-0.3, -0.25) is 14.4 Å². The van der Waals surface area contributed by atoms with Crippen molar-refractivity contribution in [2.75, 3.05) is 11.1 Å². The summed E-state index contributed by atoms with van der Waals surface area (Å²) in [4.78, 5) is 39.1. The van der Waals surface area contributed by atoms with Crippen LogP contribution in [0.1, 0.15) is 26.3 Å². The topological polar surface area (TPSA) is 75.3 Å². The van der Waals surface area contributed by atoms with E-state index in [4.69, 9.17) is 11.6 Å². The summed E-state index contributed by atoms with van der Waals surface area (Å²) in [6.45, 7) is 0. The van der Waals surface area contributed by atoms with E-state index in [2.05, 4.69) is 10.6 Å². The highest BCUT2D eigenvalue weighted by atomic mass is 35.5. The van der Waals surface area contributed by atoms with Gasteiger partial charge in [-0.1, -0.05) is 72.3 Å². The quantitative estimate of drug-likeness (QED) is 0.144. The SMILES string of the molecule is O=C(Nc1ccc(SCC(=O)c2ccccc2)cc1)/C(=C/c1cccc(Cl)c1)NC(=O)c1ccccc1. The largest absolute Gasteiger partial charge is 0.321 e. The third kappa shape index (κ3) is 7.67. The van der Waals surface area contributed by atoms with E-state index in [9.17, 15) is 14.4 Å². The number of amides is 2. The molecule has 0 aliphatic rings. The van der Waals surface area contributed by atoms with Crippen molar-refractivity contribution in [3.63, 3.8) is 0 Å². The number of Topliss-reactive ketones (excluding diaryl/α,β-unsaturated/α-hetero) is 1. The van der Waals surface area contributed by atoms with E-state index in [1.165, 1.54) is 11.8 Å². The molecular weight excluding hydrogens is 504 g/mol. The lowest BCUT2D eigenvalue weighted by Crippen LogP contribution is -2.30. The van der Waals surface area contributed by atoms with Gasteiger partial charge >= 0.3 is 0 Å². The maximum absolute atomic E-state index is 13.1. The van der Waals surface area contributed by atoms with Crippen LogP contribution in [0.2, 0.25) is 5.02 Å². The maximum atomic E-state index is 13.1. The van der Waals surface area contributed by atoms with Crippen LogP contribution in [0.4, 0.5) is 5.69 Å². The first-order chi connectivity index (χ1) is 18.0. The number of thioether (sulfide) groups is 1. The van der Waals surface area contributed by atoms with Crippen LogP contribution in [0.3, 0.4) is 0 Å². The molecule has 0 saturated heterocycles. The third-order valence-corrected chi connectivity index (χ3v) is 6.51. The van der Waals surface area contributed by atoms with Crippen LogP contribution in [-0.2, 0) is 4.79 Å². The fraction of sp³-hybridized carbons (Fsp3) is 0.0333. The molecule has 0 atom stereocenters. The summed E-state index contributed by atoms with van der Waals surface area (Å²) in [5, 5.41) is 6.04. The number of hydrogen-bond acceptors (Lipinski definition) is 4. The summed E-state index contributed by atoms with van der Waals surface area (Å²) < 4.78 is 0. The molecule has 2 N–H and O–H groups in total. The van der Waals surface area contributed by atoms with E-state index in [-0.39, 0.29) is 11.5 Å². The summed E-state index contributed by atoms with van der Waals surface area (Å²) in [5.41, 5.74) is 2.40. The molecule has 0 heterocycles. The minimum absolute atomic E-state index is 0.0490. The Hall–Kier alpha value is -4.13. The van der Waals surface area contributed by atoms with Crippen molar-refractivity contribution in [1.29, 1.82) is 0 Å². The molecule has 0 unspecified atom stereocenters. The Morgan fingerprint density at radius 3 is 2.05 bits per heavy atom. The lowest BCUT2D eigenvalue weighted by molar-refractivity contribution is -0.113. The molecule has 0 aromatic heterocycles. The van der Waals surface area contributed by atoms with Gasteiger partial charge < -0.3 is 10.6 Å². The second kappa shape index (κ2) is 12.7. The summed E-state index contributed by atoms with van der Waals surface area (Å²) in [7, 11) is 0. The first-order valence-corrected chi connectivity index (χ1v) is 12.8. The van der Waals surface area contributed by atoms with Crippen LogP contribution in [0.15, 0.2) is 120 Å². The number of anilines is 1. The number of rotatable bonds is 9. The maximum Gasteiger partial charge on any atom is 0.272 e. The molecule has 4 aromatic rings. The van der Waals surface area contributed by atoms with Gasteiger partial charge in [0.2, 0.25) is 0 Å². The van der Waals surface area contributed by atoms with Gasteiger partial charge in [-0.15, -0.1) is 11.8 Å². The fourth-order valence-corrected chi connectivity index (χ4v) is 4.39. The predicted molar refractivity (Wildman–Crippen MR) is 150 cm³/mol. The number of halogens is 1. The van der Waals surface area contributed by atoms with Crippen LogP contribution >= 0.6 is 23.4 Å². The average molecular weight is 527 g/mol. The van der Waals surface area contributed by atoms with Crippen LogP contribution in [-0.4, -0.2) is 23.4 Å². The molecule has 0 spiro atoms. The smallest absolute Gasteiger partial charge is 0.272 e. The Bertz CT molecular complexity index is 1420. The van der Waals surface area contributed by atoms with Crippen LogP contribution in [0.25, 0.3) is 6.08 Å². The van der Waals surface area contributed by atoms with E-state index in [1.807, 2.05) is 36.4 Å². The van der Waals surface area contributed by atoms with Crippen molar-refractivity contribution in [3.05, 3.63) is 137 Å². The van der Waals surface area contributed by atoms with Gasteiger partial charge in [-0.05, 0) is 60.2 Å². The lowest BCUT2D eigenvalue weighted by Gasteiger charge is -2.12. The predicted octanol–water partition coefficient (Wildman–Crippen LogP) is 6.72. The first kappa shape index (κ1) is 25.9. The van der Waals surface area contributed by atoms with Gasteiger partial charge in [0.1, 0.15) is 5.70 Å². The van der Waals surface area contributed by atoms with Gasteiger partial charge in [-0.2, -0.15) is 0 Å². The Morgan fingerprint density at radius 1 is 0.757 bits per heavy atom. The molecule has 0 aliphatic heterocycles. The van der Waals surface area contributed by atoms with Crippen molar-refractivity contribution < 1.29 is 14.4 Å². The summed E-state index contributed by atoms with van der Waals surface area (Å²) in [5.74, 6) is -0.524. The van der Waals surface area contributed by atoms with Crippen molar-refractivity contribution in [2.24, 2.45) is 0 Å². The molecule has 5 nitrogen and oxygen atoms in total. The molecule has 37 heavy (non-hydrogen) atoms. The number of carbonyl (C=O) groups excluding carboxylic acids is 3. The third-order valence-electron chi connectivity index (χ3n) is 5.27. The first-order valence-electron chi connectivity index (χ1n) is 11.4. The minimum atomic E-state index is -0.482. The molecule has 0 fully saturated rings. The highest BCUT2D eigenvalue weighted by Gasteiger charge is 2.15. The Kier molecular flexibility index (Phi) is 8.92. The van der Waals surface area contributed by atoms with Crippen molar-refractivity contribution in [3.8, 4) is 0 Å². The molecule has 184 valence electrons. The second-order valence-electron chi connectivity index (χ2n) is 7.99. The van der Waals surface area contributed by atoms with Gasteiger partial charge in [0.05, 0.1) is 5.75 Å². The summed E-state index contributed by atoms with van der Waals surface area (Å²) in [6, 6.07) is 32.0. The number of ketones is 1. The van der Waals surface area contributed by atoms with Gasteiger partial charge in [-0.25, -0.2) is 0 Å². The van der Waals surface area contributed by atoms with E-state index in [0.29, 0.717) is 33.2 Å². The number of hydrogen-bond donors (Lipinski definition) is 2. The van der Waals surface area contributed by atoms with Crippen molar-refractivity contribution in [2.45, 2.75) is 4.90 Å².